The van der Waals surface area contributed by atoms with Gasteiger partial charge in [0.25, 0.3) is 0 Å². The molecular formula is C6H8ClN3O2. The Morgan fingerprint density at radius 3 is 1.92 bits per heavy atom. The number of nitrogens with two attached hydrogens (primary N) is 1. The van der Waals surface area contributed by atoms with Crippen molar-refractivity contribution in [1.82, 2.24) is 9.97 Å². The van der Waals surface area contributed by atoms with Crippen LogP contribution in [-0.2, 0) is 0 Å². The first kappa shape index (κ1) is 8.86. The van der Waals surface area contributed by atoms with Gasteiger partial charge in [-0.05, 0) is 11.6 Å². The van der Waals surface area contributed by atoms with Gasteiger partial charge in [0.15, 0.2) is 5.69 Å². The van der Waals surface area contributed by atoms with E-state index in [0.717, 1.165) is 0 Å². The molecule has 0 aliphatic rings. The van der Waals surface area contributed by atoms with Crippen molar-refractivity contribution < 1.29 is 9.47 Å². The highest BCUT2D eigenvalue weighted by Crippen LogP contribution is 2.28. The van der Waals surface area contributed by atoms with E-state index in [1.807, 2.05) is 0 Å². The summed E-state index contributed by atoms with van der Waals surface area (Å²) in [5.74, 6) is 0.429. The summed E-state index contributed by atoms with van der Waals surface area (Å²) in [6, 6.07) is 0. The van der Waals surface area contributed by atoms with Gasteiger partial charge in [0.2, 0.25) is 17.0 Å². The lowest BCUT2D eigenvalue weighted by atomic mass is 10.5. The van der Waals surface area contributed by atoms with Gasteiger partial charge in [0, 0.05) is 0 Å². The molecule has 0 aliphatic heterocycles. The Morgan fingerprint density at radius 2 is 1.58 bits per heavy atom. The standard InChI is InChI=1S/C6H8ClN3O2/c1-11-4-3(8)5(12-2)10-6(7)9-4/h8H2,1-2H3. The molecule has 0 aliphatic carbocycles. The third-order valence-corrected chi connectivity index (χ3v) is 1.40. The monoisotopic (exact) mass is 189 g/mol. The number of aromatic nitrogens is 2. The molecule has 0 unspecified atom stereocenters. The lowest BCUT2D eigenvalue weighted by Crippen LogP contribution is -2.01. The number of methoxy groups -OCH3 is 2. The van der Waals surface area contributed by atoms with Gasteiger partial charge in [-0.3, -0.25) is 0 Å². The molecule has 0 fully saturated rings. The van der Waals surface area contributed by atoms with Crippen molar-refractivity contribution in [1.29, 1.82) is 0 Å². The minimum absolute atomic E-state index is 0.0397. The quantitative estimate of drug-likeness (QED) is 0.695. The van der Waals surface area contributed by atoms with Gasteiger partial charge in [0.1, 0.15) is 0 Å². The van der Waals surface area contributed by atoms with Crippen LogP contribution in [0.15, 0.2) is 0 Å². The Kier molecular flexibility index (Phi) is 2.54. The second-order valence-electron chi connectivity index (χ2n) is 1.92. The van der Waals surface area contributed by atoms with Crippen molar-refractivity contribution in [2.45, 2.75) is 0 Å². The van der Waals surface area contributed by atoms with Gasteiger partial charge >= 0.3 is 0 Å². The molecule has 5 nitrogen and oxygen atoms in total. The smallest absolute Gasteiger partial charge is 0.245 e. The van der Waals surface area contributed by atoms with Crippen molar-refractivity contribution in [3.63, 3.8) is 0 Å². The molecule has 0 aromatic carbocycles. The number of halogens is 1. The summed E-state index contributed by atoms with van der Waals surface area (Å²) in [4.78, 5) is 7.45. The molecular weight excluding hydrogens is 182 g/mol. The zero-order valence-corrected chi connectivity index (χ0v) is 7.42. The summed E-state index contributed by atoms with van der Waals surface area (Å²) < 4.78 is 9.66. The lowest BCUT2D eigenvalue weighted by molar-refractivity contribution is 0.376. The molecule has 1 heterocycles. The van der Waals surface area contributed by atoms with E-state index in [0.29, 0.717) is 0 Å². The molecule has 0 amide bonds. The zero-order chi connectivity index (χ0) is 9.14. The summed E-state index contributed by atoms with van der Waals surface area (Å²) >= 11 is 5.54. The molecule has 0 saturated heterocycles. The van der Waals surface area contributed by atoms with E-state index in [2.05, 4.69) is 9.97 Å². The maximum Gasteiger partial charge on any atom is 0.245 e. The van der Waals surface area contributed by atoms with E-state index >= 15 is 0 Å². The average Bonchev–Trinajstić information content (AvgIpc) is 2.08. The number of hydrogen-bond donors (Lipinski definition) is 1. The molecule has 6 heteroatoms. The Morgan fingerprint density at radius 1 is 1.17 bits per heavy atom. The molecule has 66 valence electrons. The second-order valence-corrected chi connectivity index (χ2v) is 2.26. The van der Waals surface area contributed by atoms with Crippen LogP contribution in [0.25, 0.3) is 0 Å². The van der Waals surface area contributed by atoms with Gasteiger partial charge in [-0.2, -0.15) is 9.97 Å². The number of nitrogen functional groups attached to an aromatic ring is 1. The van der Waals surface area contributed by atoms with Crippen molar-refractivity contribution in [3.8, 4) is 11.8 Å². The van der Waals surface area contributed by atoms with Gasteiger partial charge < -0.3 is 15.2 Å². The summed E-state index contributed by atoms with van der Waals surface area (Å²) in [7, 11) is 2.88. The van der Waals surface area contributed by atoms with Crippen molar-refractivity contribution >= 4 is 17.3 Å². The Labute approximate surface area is 74.5 Å². The van der Waals surface area contributed by atoms with Gasteiger partial charge in [-0.25, -0.2) is 0 Å². The molecule has 1 aromatic heterocycles. The molecule has 0 bridgehead atoms. The minimum atomic E-state index is 0.0397. The van der Waals surface area contributed by atoms with Crippen molar-refractivity contribution in [3.05, 3.63) is 5.28 Å². The van der Waals surface area contributed by atoms with Crippen LogP contribution in [-0.4, -0.2) is 24.2 Å². The van der Waals surface area contributed by atoms with E-state index in [-0.39, 0.29) is 22.7 Å². The normalized spacial score (nSPS) is 9.58. The predicted octanol–water partition coefficient (Wildman–Crippen LogP) is 0.729. The minimum Gasteiger partial charge on any atom is -0.479 e. The molecule has 0 saturated carbocycles. The molecule has 1 rings (SSSR count). The maximum absolute atomic E-state index is 5.54. The average molecular weight is 190 g/mol. The summed E-state index contributed by atoms with van der Waals surface area (Å²) in [5.41, 5.74) is 5.78. The van der Waals surface area contributed by atoms with Crippen LogP contribution in [0.2, 0.25) is 5.28 Å². The second kappa shape index (κ2) is 3.44. The highest BCUT2D eigenvalue weighted by atomic mass is 35.5. The van der Waals surface area contributed by atoms with E-state index in [1.165, 1.54) is 14.2 Å². The first-order chi connectivity index (χ1) is 5.69. The van der Waals surface area contributed by atoms with Crippen LogP contribution in [0.5, 0.6) is 11.8 Å². The van der Waals surface area contributed by atoms with Crippen LogP contribution in [0.1, 0.15) is 0 Å². The molecule has 0 radical (unpaired) electrons. The maximum atomic E-state index is 5.54. The lowest BCUT2D eigenvalue weighted by Gasteiger charge is -2.06. The first-order valence-corrected chi connectivity index (χ1v) is 3.47. The fourth-order valence-corrected chi connectivity index (χ4v) is 0.869. The molecule has 0 spiro atoms. The van der Waals surface area contributed by atoms with E-state index in [4.69, 9.17) is 26.8 Å². The predicted molar refractivity (Wildman–Crippen MR) is 44.6 cm³/mol. The van der Waals surface area contributed by atoms with Crippen molar-refractivity contribution in [2.75, 3.05) is 20.0 Å². The number of anilines is 1. The Hall–Kier alpha value is -1.23. The largest absolute Gasteiger partial charge is 0.479 e. The fraction of sp³-hybridized carbons (Fsp3) is 0.333. The number of ether oxygens (including phenoxy) is 2. The third-order valence-electron chi connectivity index (χ3n) is 1.24. The SMILES string of the molecule is COc1nc(Cl)nc(OC)c1N. The molecule has 0 atom stereocenters. The highest BCUT2D eigenvalue weighted by molar-refractivity contribution is 6.28. The van der Waals surface area contributed by atoms with E-state index in [1.54, 1.807) is 0 Å². The Bertz CT molecular complexity index is 267. The van der Waals surface area contributed by atoms with Gasteiger partial charge in [0.05, 0.1) is 14.2 Å². The van der Waals surface area contributed by atoms with Crippen LogP contribution < -0.4 is 15.2 Å². The first-order valence-electron chi connectivity index (χ1n) is 3.10. The number of nitrogens with zero attached hydrogens (tertiary/aromatic N) is 2. The third kappa shape index (κ3) is 1.50. The van der Waals surface area contributed by atoms with Crippen LogP contribution in [0, 0.1) is 0 Å². The molecule has 1 aromatic rings. The number of rotatable bonds is 2. The van der Waals surface area contributed by atoms with Crippen LogP contribution in [0.4, 0.5) is 5.69 Å². The van der Waals surface area contributed by atoms with E-state index < -0.39 is 0 Å². The summed E-state index contributed by atoms with van der Waals surface area (Å²) in [6.07, 6.45) is 0. The fourth-order valence-electron chi connectivity index (χ4n) is 0.716. The summed E-state index contributed by atoms with van der Waals surface area (Å²) in [5, 5.41) is 0.0397. The molecule has 2 N–H and O–H groups in total. The topological polar surface area (TPSA) is 70.3 Å². The highest BCUT2D eigenvalue weighted by Gasteiger charge is 2.10. The van der Waals surface area contributed by atoms with Crippen molar-refractivity contribution in [2.24, 2.45) is 0 Å². The van der Waals surface area contributed by atoms with Crippen LogP contribution in [0.3, 0.4) is 0 Å². The van der Waals surface area contributed by atoms with Gasteiger partial charge in [-0.1, -0.05) is 0 Å². The number of hydrogen-bond acceptors (Lipinski definition) is 5. The summed E-state index contributed by atoms with van der Waals surface area (Å²) in [6.45, 7) is 0. The Balaban J connectivity index is 3.22. The molecule has 12 heavy (non-hydrogen) atoms. The van der Waals surface area contributed by atoms with Crippen LogP contribution >= 0.6 is 11.6 Å². The van der Waals surface area contributed by atoms with Gasteiger partial charge in [-0.15, -0.1) is 0 Å². The van der Waals surface area contributed by atoms with E-state index in [9.17, 15) is 0 Å². The zero-order valence-electron chi connectivity index (χ0n) is 6.67.